The quantitative estimate of drug-likeness (QED) is 0.675. The number of aryl methyl sites for hydroxylation is 2. The first-order chi connectivity index (χ1) is 13.7. The number of benzene rings is 2. The zero-order valence-corrected chi connectivity index (χ0v) is 18.1. The van der Waals surface area contributed by atoms with Crippen LogP contribution in [0.3, 0.4) is 0 Å². The van der Waals surface area contributed by atoms with Crippen LogP contribution in [-0.4, -0.2) is 51.4 Å². The molecule has 0 aromatic heterocycles. The Bertz CT molecular complexity index is 1010. The van der Waals surface area contributed by atoms with Crippen LogP contribution in [0.4, 0.5) is 0 Å². The Kier molecular flexibility index (Phi) is 6.41. The molecule has 0 amide bonds. The van der Waals surface area contributed by atoms with Gasteiger partial charge in [0.05, 0.1) is 18.1 Å². The molecule has 1 aliphatic rings. The Morgan fingerprint density at radius 3 is 2.24 bits per heavy atom. The molecule has 3 rings (SSSR count). The minimum Gasteiger partial charge on any atom is -0.485 e. The molecule has 0 radical (unpaired) electrons. The van der Waals surface area contributed by atoms with Crippen molar-refractivity contribution in [2.75, 3.05) is 32.9 Å². The third-order valence-electron chi connectivity index (χ3n) is 5.44. The van der Waals surface area contributed by atoms with Crippen molar-refractivity contribution in [3.8, 4) is 5.75 Å². The van der Waals surface area contributed by atoms with Crippen molar-refractivity contribution >= 4 is 15.8 Å². The van der Waals surface area contributed by atoms with Gasteiger partial charge in [-0.25, -0.2) is 8.42 Å². The molecule has 1 fully saturated rings. The molecule has 0 aliphatic carbocycles. The van der Waals surface area contributed by atoms with E-state index >= 15 is 0 Å². The lowest BCUT2D eigenvalue weighted by molar-refractivity contribution is 0.0730. The smallest absolute Gasteiger partial charge is 0.243 e. The topological polar surface area (TPSA) is 72.9 Å². The maximum absolute atomic E-state index is 12.7. The number of nitrogens with zero attached hydrogens (tertiary/aromatic N) is 1. The highest BCUT2D eigenvalue weighted by Gasteiger charge is 2.26. The molecule has 0 spiro atoms. The molecule has 1 saturated heterocycles. The molecule has 2 aromatic rings. The zero-order valence-electron chi connectivity index (χ0n) is 17.3. The lowest BCUT2D eigenvalue weighted by Gasteiger charge is -2.26. The van der Waals surface area contributed by atoms with Crippen LogP contribution in [0.5, 0.6) is 5.75 Å². The van der Waals surface area contributed by atoms with Crippen LogP contribution in [0, 0.1) is 27.7 Å². The average Bonchev–Trinajstić information content (AvgIpc) is 2.71. The second kappa shape index (κ2) is 8.65. The van der Waals surface area contributed by atoms with Crippen molar-refractivity contribution in [2.45, 2.75) is 32.6 Å². The first kappa shape index (κ1) is 21.5. The van der Waals surface area contributed by atoms with E-state index in [-0.39, 0.29) is 17.3 Å². The summed E-state index contributed by atoms with van der Waals surface area (Å²) in [7, 11) is -3.54. The molecule has 29 heavy (non-hydrogen) atoms. The molecule has 156 valence electrons. The van der Waals surface area contributed by atoms with E-state index in [9.17, 15) is 13.2 Å². The van der Waals surface area contributed by atoms with Crippen LogP contribution in [0.2, 0.25) is 0 Å². The second-order valence-electron chi connectivity index (χ2n) is 7.34. The predicted molar refractivity (Wildman–Crippen MR) is 111 cm³/mol. The highest BCUT2D eigenvalue weighted by atomic mass is 32.2. The Hall–Kier alpha value is -2.22. The van der Waals surface area contributed by atoms with Gasteiger partial charge in [0.25, 0.3) is 0 Å². The van der Waals surface area contributed by atoms with E-state index in [1.807, 2.05) is 33.8 Å². The van der Waals surface area contributed by atoms with Gasteiger partial charge in [0.15, 0.2) is 6.61 Å². The van der Waals surface area contributed by atoms with Gasteiger partial charge in [-0.1, -0.05) is 6.07 Å². The largest absolute Gasteiger partial charge is 0.485 e. The van der Waals surface area contributed by atoms with Gasteiger partial charge in [0.2, 0.25) is 15.8 Å². The predicted octanol–water partition coefficient (Wildman–Crippen LogP) is 3.20. The van der Waals surface area contributed by atoms with E-state index in [2.05, 4.69) is 0 Å². The summed E-state index contributed by atoms with van der Waals surface area (Å²) in [6.45, 7) is 9.33. The average molecular weight is 418 g/mol. The number of Topliss-reactive ketones (excluding diaryl/α,β-unsaturated/α-hetero) is 1. The molecule has 0 bridgehead atoms. The summed E-state index contributed by atoms with van der Waals surface area (Å²) in [6, 6.07) is 8.20. The normalized spacial score (nSPS) is 15.3. The maximum Gasteiger partial charge on any atom is 0.243 e. The lowest BCUT2D eigenvalue weighted by atomic mass is 9.92. The van der Waals surface area contributed by atoms with E-state index in [0.717, 1.165) is 22.3 Å². The molecule has 2 aromatic carbocycles. The van der Waals surface area contributed by atoms with Gasteiger partial charge in [-0.05, 0) is 74.2 Å². The highest BCUT2D eigenvalue weighted by molar-refractivity contribution is 7.89. The fraction of sp³-hybridized carbons (Fsp3) is 0.409. The van der Waals surface area contributed by atoms with E-state index in [4.69, 9.17) is 9.47 Å². The summed E-state index contributed by atoms with van der Waals surface area (Å²) < 4.78 is 37.6. The summed E-state index contributed by atoms with van der Waals surface area (Å²) in [5.74, 6) is 0.367. The van der Waals surface area contributed by atoms with Crippen molar-refractivity contribution in [1.29, 1.82) is 0 Å². The summed E-state index contributed by atoms with van der Waals surface area (Å²) in [5.41, 5.74) is 4.87. The number of carbonyl (C=O) groups excluding carboxylic acids is 1. The van der Waals surface area contributed by atoms with Crippen molar-refractivity contribution < 1.29 is 22.7 Å². The summed E-state index contributed by atoms with van der Waals surface area (Å²) in [6.07, 6.45) is 0. The van der Waals surface area contributed by atoms with Gasteiger partial charge in [-0.3, -0.25) is 4.79 Å². The number of ether oxygens (including phenoxy) is 2. The number of morpholine rings is 1. The fourth-order valence-corrected chi connectivity index (χ4v) is 4.99. The molecule has 0 unspecified atom stereocenters. The summed E-state index contributed by atoms with van der Waals surface area (Å²) in [5, 5.41) is 0. The lowest BCUT2D eigenvalue weighted by Crippen LogP contribution is -2.40. The fourth-order valence-electron chi connectivity index (χ4n) is 3.58. The number of hydrogen-bond acceptors (Lipinski definition) is 5. The number of hydrogen-bond donors (Lipinski definition) is 0. The van der Waals surface area contributed by atoms with Gasteiger partial charge >= 0.3 is 0 Å². The molecule has 6 nitrogen and oxygen atoms in total. The van der Waals surface area contributed by atoms with Crippen LogP contribution in [0.25, 0.3) is 0 Å². The minimum atomic E-state index is -3.54. The number of ketones is 1. The standard InChI is InChI=1S/C22H27NO5S/c1-15-13-16(2)22(18(4)17(15)3)21(24)14-28-19-5-7-20(8-6-19)29(25,26)23-9-11-27-12-10-23/h5-8,13H,9-12,14H2,1-4H3. The van der Waals surface area contributed by atoms with E-state index < -0.39 is 10.0 Å². The van der Waals surface area contributed by atoms with Gasteiger partial charge in [0.1, 0.15) is 5.75 Å². The monoisotopic (exact) mass is 417 g/mol. The van der Waals surface area contributed by atoms with Crippen molar-refractivity contribution in [2.24, 2.45) is 0 Å². The molecule has 1 aliphatic heterocycles. The zero-order chi connectivity index (χ0) is 21.2. The van der Waals surface area contributed by atoms with E-state index in [0.29, 0.717) is 37.6 Å². The third kappa shape index (κ3) is 4.52. The van der Waals surface area contributed by atoms with Crippen molar-refractivity contribution in [3.63, 3.8) is 0 Å². The van der Waals surface area contributed by atoms with E-state index in [1.54, 1.807) is 12.1 Å². The molecule has 1 heterocycles. The first-order valence-electron chi connectivity index (χ1n) is 9.63. The molecule has 0 N–H and O–H groups in total. The third-order valence-corrected chi connectivity index (χ3v) is 7.35. The number of carbonyl (C=O) groups is 1. The second-order valence-corrected chi connectivity index (χ2v) is 9.27. The Morgan fingerprint density at radius 2 is 1.62 bits per heavy atom. The van der Waals surface area contributed by atoms with Gasteiger partial charge in [-0.15, -0.1) is 0 Å². The van der Waals surface area contributed by atoms with E-state index in [1.165, 1.54) is 16.4 Å². The minimum absolute atomic E-state index is 0.0897. The van der Waals surface area contributed by atoms with Crippen molar-refractivity contribution in [1.82, 2.24) is 4.31 Å². The summed E-state index contributed by atoms with van der Waals surface area (Å²) >= 11 is 0. The Balaban J connectivity index is 1.69. The molecular weight excluding hydrogens is 390 g/mol. The molecular formula is C22H27NO5S. The highest BCUT2D eigenvalue weighted by Crippen LogP contribution is 2.23. The van der Waals surface area contributed by atoms with Gasteiger partial charge in [-0.2, -0.15) is 4.31 Å². The maximum atomic E-state index is 12.7. The molecule has 0 saturated carbocycles. The number of rotatable bonds is 6. The van der Waals surface area contributed by atoms with Gasteiger partial charge in [0, 0.05) is 18.7 Å². The first-order valence-corrected chi connectivity index (χ1v) is 11.1. The summed E-state index contributed by atoms with van der Waals surface area (Å²) in [4.78, 5) is 12.9. The molecule has 0 atom stereocenters. The Labute approximate surface area is 172 Å². The van der Waals surface area contributed by atoms with Crippen LogP contribution < -0.4 is 4.74 Å². The number of sulfonamides is 1. The Morgan fingerprint density at radius 1 is 1.00 bits per heavy atom. The van der Waals surface area contributed by atoms with Crippen molar-refractivity contribution in [3.05, 3.63) is 58.1 Å². The van der Waals surface area contributed by atoms with Crippen LogP contribution >= 0.6 is 0 Å². The van der Waals surface area contributed by atoms with Crippen LogP contribution in [-0.2, 0) is 14.8 Å². The molecule has 7 heteroatoms. The van der Waals surface area contributed by atoms with Gasteiger partial charge < -0.3 is 9.47 Å². The van der Waals surface area contributed by atoms with Crippen LogP contribution in [0.15, 0.2) is 35.2 Å². The van der Waals surface area contributed by atoms with Crippen LogP contribution in [0.1, 0.15) is 32.6 Å². The SMILES string of the molecule is Cc1cc(C)c(C(=O)COc2ccc(S(=O)(=O)N3CCOCC3)cc2)c(C)c1C.